The van der Waals surface area contributed by atoms with E-state index in [1.54, 1.807) is 32.9 Å². The zero-order chi connectivity index (χ0) is 21.0. The fourth-order valence-corrected chi connectivity index (χ4v) is 8.25. The summed E-state index contributed by atoms with van der Waals surface area (Å²) in [5.41, 5.74) is -0.458. The molecule has 5 rings (SSSR count). The summed E-state index contributed by atoms with van der Waals surface area (Å²) in [6, 6.07) is 4.83. The molecule has 0 atom stereocenters. The molecular weight excluding hydrogens is 408 g/mol. The number of carbonyl (C=O) groups is 1. The van der Waals surface area contributed by atoms with Gasteiger partial charge in [-0.1, -0.05) is 17.7 Å². The fourth-order valence-electron chi connectivity index (χ4n) is 6.34. The summed E-state index contributed by atoms with van der Waals surface area (Å²) in [4.78, 5) is 13.1. The molecule has 1 aromatic carbocycles. The van der Waals surface area contributed by atoms with Crippen molar-refractivity contribution in [1.29, 1.82) is 0 Å². The lowest BCUT2D eigenvalue weighted by molar-refractivity contribution is -0.127. The molecule has 4 fully saturated rings. The Bertz CT molecular complexity index is 891. The lowest BCUT2D eigenvalue weighted by Crippen LogP contribution is -2.60. The van der Waals surface area contributed by atoms with E-state index in [4.69, 9.17) is 11.6 Å². The quantitative estimate of drug-likeness (QED) is 0.699. The number of hydrogen-bond acceptors (Lipinski definition) is 3. The van der Waals surface area contributed by atoms with E-state index in [0.717, 1.165) is 37.0 Å². The third-order valence-electron chi connectivity index (χ3n) is 6.96. The van der Waals surface area contributed by atoms with Crippen molar-refractivity contribution in [3.05, 3.63) is 28.8 Å². The molecular formula is C22H31ClN2O3S. The smallest absolute Gasteiger partial charge is 0.241 e. The van der Waals surface area contributed by atoms with Crippen molar-refractivity contribution in [2.45, 2.75) is 81.7 Å². The standard InChI is InChI=1S/C22H31ClN2O3S/c1-14-18(23)5-4-6-19(14)29(27,28)25-21(2,3)13-20(26)24-22-10-15-7-16(11-22)9-17(8-15)12-22/h4-6,15-17,25H,7-13H2,1-3H3,(H,24,26). The second-order valence-electron chi connectivity index (χ2n) is 10.3. The first-order chi connectivity index (χ1) is 13.5. The van der Waals surface area contributed by atoms with Gasteiger partial charge in [-0.3, -0.25) is 4.79 Å². The van der Waals surface area contributed by atoms with E-state index < -0.39 is 15.6 Å². The number of sulfonamides is 1. The van der Waals surface area contributed by atoms with Gasteiger partial charge in [-0.05, 0) is 94.7 Å². The van der Waals surface area contributed by atoms with E-state index in [-0.39, 0.29) is 22.8 Å². The zero-order valence-corrected chi connectivity index (χ0v) is 19.0. The SMILES string of the molecule is Cc1c(Cl)cccc1S(=O)(=O)NC(C)(C)CC(=O)NC12CC3CC(CC(C3)C1)C2. The third-order valence-corrected chi connectivity index (χ3v) is 9.22. The number of amides is 1. The molecule has 160 valence electrons. The lowest BCUT2D eigenvalue weighted by Gasteiger charge is -2.57. The Morgan fingerprint density at radius 1 is 1.14 bits per heavy atom. The van der Waals surface area contributed by atoms with E-state index in [2.05, 4.69) is 10.0 Å². The molecule has 5 nitrogen and oxygen atoms in total. The van der Waals surface area contributed by atoms with Gasteiger partial charge in [0, 0.05) is 22.5 Å². The van der Waals surface area contributed by atoms with Crippen LogP contribution in [0.3, 0.4) is 0 Å². The first-order valence-corrected chi connectivity index (χ1v) is 12.4. The maximum absolute atomic E-state index is 12.9. The zero-order valence-electron chi connectivity index (χ0n) is 17.4. The molecule has 1 aromatic rings. The largest absolute Gasteiger partial charge is 0.351 e. The van der Waals surface area contributed by atoms with Crippen molar-refractivity contribution >= 4 is 27.5 Å². The predicted molar refractivity (Wildman–Crippen MR) is 114 cm³/mol. The first kappa shape index (κ1) is 21.1. The Balaban J connectivity index is 1.43. The highest BCUT2D eigenvalue weighted by Crippen LogP contribution is 2.55. The van der Waals surface area contributed by atoms with Gasteiger partial charge < -0.3 is 5.32 Å². The number of nitrogens with one attached hydrogen (secondary N) is 2. The highest BCUT2D eigenvalue weighted by atomic mass is 35.5. The van der Waals surface area contributed by atoms with Gasteiger partial charge in [0.15, 0.2) is 0 Å². The van der Waals surface area contributed by atoms with Gasteiger partial charge in [-0.15, -0.1) is 0 Å². The van der Waals surface area contributed by atoms with Crippen LogP contribution in [0.4, 0.5) is 0 Å². The van der Waals surface area contributed by atoms with Crippen LogP contribution < -0.4 is 10.0 Å². The lowest BCUT2D eigenvalue weighted by atomic mass is 9.53. The van der Waals surface area contributed by atoms with Crippen molar-refractivity contribution in [1.82, 2.24) is 10.0 Å². The van der Waals surface area contributed by atoms with Crippen LogP contribution in [0.25, 0.3) is 0 Å². The minimum absolute atomic E-state index is 0.0651. The average Bonchev–Trinajstić information content (AvgIpc) is 2.53. The Kier molecular flexibility index (Phi) is 5.28. The number of halogens is 1. The molecule has 0 spiro atoms. The Morgan fingerprint density at radius 3 is 2.24 bits per heavy atom. The highest BCUT2D eigenvalue weighted by molar-refractivity contribution is 7.89. The van der Waals surface area contributed by atoms with Crippen molar-refractivity contribution in [2.24, 2.45) is 17.8 Å². The van der Waals surface area contributed by atoms with Crippen LogP contribution >= 0.6 is 11.6 Å². The molecule has 4 aliphatic rings. The summed E-state index contributed by atoms with van der Waals surface area (Å²) < 4.78 is 28.5. The molecule has 0 aliphatic heterocycles. The summed E-state index contributed by atoms with van der Waals surface area (Å²) in [6.07, 6.45) is 7.31. The molecule has 2 N–H and O–H groups in total. The maximum Gasteiger partial charge on any atom is 0.241 e. The number of hydrogen-bond donors (Lipinski definition) is 2. The molecule has 0 aromatic heterocycles. The van der Waals surface area contributed by atoms with Crippen LogP contribution in [0.5, 0.6) is 0 Å². The number of rotatable bonds is 6. The van der Waals surface area contributed by atoms with E-state index in [1.165, 1.54) is 25.3 Å². The van der Waals surface area contributed by atoms with Gasteiger partial charge in [-0.2, -0.15) is 0 Å². The normalized spacial score (nSPS) is 31.1. The van der Waals surface area contributed by atoms with E-state index >= 15 is 0 Å². The van der Waals surface area contributed by atoms with Crippen LogP contribution in [-0.4, -0.2) is 25.4 Å². The Labute approximate surface area is 179 Å². The Morgan fingerprint density at radius 2 is 1.69 bits per heavy atom. The van der Waals surface area contributed by atoms with E-state index in [1.807, 2.05) is 0 Å². The molecule has 4 saturated carbocycles. The van der Waals surface area contributed by atoms with Gasteiger partial charge in [0.05, 0.1) is 4.90 Å². The van der Waals surface area contributed by atoms with Gasteiger partial charge in [0.2, 0.25) is 15.9 Å². The average molecular weight is 439 g/mol. The minimum atomic E-state index is -3.78. The second kappa shape index (κ2) is 7.24. The summed E-state index contributed by atoms with van der Waals surface area (Å²) >= 11 is 6.09. The van der Waals surface area contributed by atoms with Crippen LogP contribution in [0.1, 0.15) is 64.4 Å². The summed E-state index contributed by atoms with van der Waals surface area (Å²) in [5.74, 6) is 2.18. The van der Waals surface area contributed by atoms with Crippen molar-refractivity contribution in [2.75, 3.05) is 0 Å². The first-order valence-electron chi connectivity index (χ1n) is 10.6. The van der Waals surface area contributed by atoms with Crippen LogP contribution in [0.15, 0.2) is 23.1 Å². The van der Waals surface area contributed by atoms with Crippen molar-refractivity contribution < 1.29 is 13.2 Å². The van der Waals surface area contributed by atoms with Gasteiger partial charge >= 0.3 is 0 Å². The maximum atomic E-state index is 12.9. The van der Waals surface area contributed by atoms with Crippen molar-refractivity contribution in [3.63, 3.8) is 0 Å². The summed E-state index contributed by atoms with van der Waals surface area (Å²) in [7, 11) is -3.78. The Hall–Kier alpha value is -1.11. The summed E-state index contributed by atoms with van der Waals surface area (Å²) in [5, 5.41) is 3.74. The molecule has 0 heterocycles. The molecule has 0 saturated heterocycles. The third kappa shape index (κ3) is 4.35. The highest BCUT2D eigenvalue weighted by Gasteiger charge is 2.51. The van der Waals surface area contributed by atoms with Crippen molar-refractivity contribution in [3.8, 4) is 0 Å². The molecule has 0 unspecified atom stereocenters. The van der Waals surface area contributed by atoms with Crippen LogP contribution in [-0.2, 0) is 14.8 Å². The molecule has 29 heavy (non-hydrogen) atoms. The topological polar surface area (TPSA) is 75.3 Å². The van der Waals surface area contributed by atoms with Gasteiger partial charge in [-0.25, -0.2) is 13.1 Å². The molecule has 0 radical (unpaired) electrons. The van der Waals surface area contributed by atoms with E-state index in [9.17, 15) is 13.2 Å². The van der Waals surface area contributed by atoms with Gasteiger partial charge in [0.25, 0.3) is 0 Å². The summed E-state index contributed by atoms with van der Waals surface area (Å²) in [6.45, 7) is 5.19. The molecule has 4 bridgehead atoms. The molecule has 1 amide bonds. The van der Waals surface area contributed by atoms with Gasteiger partial charge in [0.1, 0.15) is 0 Å². The molecule has 4 aliphatic carbocycles. The second-order valence-corrected chi connectivity index (χ2v) is 12.3. The predicted octanol–water partition coefficient (Wildman–Crippen LogP) is 4.18. The number of benzene rings is 1. The molecule has 7 heteroatoms. The fraction of sp³-hybridized carbons (Fsp3) is 0.682. The minimum Gasteiger partial charge on any atom is -0.351 e. The van der Waals surface area contributed by atoms with Crippen LogP contribution in [0, 0.1) is 24.7 Å². The van der Waals surface area contributed by atoms with E-state index in [0.29, 0.717) is 10.6 Å². The monoisotopic (exact) mass is 438 g/mol. The number of carbonyl (C=O) groups excluding carboxylic acids is 1. The van der Waals surface area contributed by atoms with Crippen LogP contribution in [0.2, 0.25) is 5.02 Å².